The van der Waals surface area contributed by atoms with Gasteiger partial charge >= 0.3 is 0 Å². The van der Waals surface area contributed by atoms with Gasteiger partial charge in [0.1, 0.15) is 6.07 Å². The van der Waals surface area contributed by atoms with Crippen LogP contribution in [-0.4, -0.2) is 4.79 Å². The first kappa shape index (κ1) is 6.49. The second-order valence-corrected chi connectivity index (χ2v) is 1.64. The smallest absolute Gasteiger partial charge is 0.267 e. The molecule has 0 aliphatic rings. The molecular formula is C6H3FN2O. The third-order valence-electron chi connectivity index (χ3n) is 1.01. The molecule has 0 aromatic carbocycles. The van der Waals surface area contributed by atoms with E-state index in [0.717, 1.165) is 6.07 Å². The lowest BCUT2D eigenvalue weighted by atomic mass is 10.4. The van der Waals surface area contributed by atoms with Crippen LogP contribution in [0.5, 0.6) is 0 Å². The molecule has 0 saturated heterocycles. The first-order valence-electron chi connectivity index (χ1n) is 2.54. The zero-order chi connectivity index (χ0) is 7.56. The van der Waals surface area contributed by atoms with Gasteiger partial charge in [-0.05, 0) is 6.07 Å². The topological polar surface area (TPSA) is 45.8 Å². The monoisotopic (exact) mass is 138 g/mol. The summed E-state index contributed by atoms with van der Waals surface area (Å²) in [5, 5.41) is 8.19. The Kier molecular flexibility index (Phi) is 1.50. The number of nitrogens with zero attached hydrogens (tertiary/aromatic N) is 2. The molecule has 10 heavy (non-hydrogen) atoms. The molecule has 50 valence electrons. The molecule has 0 bridgehead atoms. The van der Waals surface area contributed by atoms with E-state index < -0.39 is 5.56 Å². The Bertz CT molecular complexity index is 336. The fourth-order valence-corrected chi connectivity index (χ4v) is 0.552. The van der Waals surface area contributed by atoms with Gasteiger partial charge in [-0.2, -0.15) is 5.26 Å². The van der Waals surface area contributed by atoms with Gasteiger partial charge < -0.3 is 0 Å². The number of pyridine rings is 1. The van der Waals surface area contributed by atoms with Crippen LogP contribution in [0.25, 0.3) is 0 Å². The van der Waals surface area contributed by atoms with Crippen molar-refractivity contribution in [3.05, 3.63) is 34.2 Å². The van der Waals surface area contributed by atoms with Crippen LogP contribution in [0.2, 0.25) is 0 Å². The molecule has 0 N–H and O–H groups in total. The van der Waals surface area contributed by atoms with Crippen LogP contribution in [0.1, 0.15) is 5.69 Å². The number of aromatic nitrogens is 1. The van der Waals surface area contributed by atoms with E-state index in [0.29, 0.717) is 0 Å². The maximum atomic E-state index is 12.4. The fraction of sp³-hybridized carbons (Fsp3) is 0. The highest BCUT2D eigenvalue weighted by Gasteiger charge is 1.97. The number of hydrogen-bond donors (Lipinski definition) is 0. The SMILES string of the molecule is N#Cc1cccc(=O)n1F. The van der Waals surface area contributed by atoms with E-state index in [9.17, 15) is 9.28 Å². The van der Waals surface area contributed by atoms with E-state index in [1.807, 2.05) is 0 Å². The van der Waals surface area contributed by atoms with Gasteiger partial charge in [-0.15, -0.1) is 4.79 Å². The summed E-state index contributed by atoms with van der Waals surface area (Å²) >= 11 is 0. The van der Waals surface area contributed by atoms with Crippen molar-refractivity contribution in [2.45, 2.75) is 0 Å². The Morgan fingerprint density at radius 2 is 2.30 bits per heavy atom. The first-order valence-corrected chi connectivity index (χ1v) is 2.54. The average Bonchev–Trinajstić information content (AvgIpc) is 1.95. The highest BCUT2D eigenvalue weighted by atomic mass is 19.2. The Morgan fingerprint density at radius 3 is 2.80 bits per heavy atom. The molecule has 0 fully saturated rings. The van der Waals surface area contributed by atoms with Crippen molar-refractivity contribution in [1.82, 2.24) is 4.79 Å². The molecule has 3 nitrogen and oxygen atoms in total. The Labute approximate surface area is 55.9 Å². The molecule has 0 aliphatic carbocycles. The third kappa shape index (κ3) is 0.890. The maximum Gasteiger partial charge on any atom is 0.279 e. The van der Waals surface area contributed by atoms with E-state index in [1.165, 1.54) is 18.2 Å². The quantitative estimate of drug-likeness (QED) is 0.522. The van der Waals surface area contributed by atoms with Gasteiger partial charge in [-0.3, -0.25) is 4.79 Å². The van der Waals surface area contributed by atoms with Gasteiger partial charge in [0.25, 0.3) is 5.56 Å². The lowest BCUT2D eigenvalue weighted by Crippen LogP contribution is -2.13. The summed E-state index contributed by atoms with van der Waals surface area (Å²) in [5.74, 6) is 0. The van der Waals surface area contributed by atoms with Crippen LogP contribution in [0.3, 0.4) is 0 Å². The predicted molar refractivity (Wildman–Crippen MR) is 31.9 cm³/mol. The van der Waals surface area contributed by atoms with Gasteiger partial charge in [0, 0.05) is 6.07 Å². The zero-order valence-corrected chi connectivity index (χ0v) is 4.91. The molecule has 1 heterocycles. The minimum absolute atomic E-state index is 0.194. The number of rotatable bonds is 0. The minimum Gasteiger partial charge on any atom is -0.267 e. The van der Waals surface area contributed by atoms with E-state index >= 15 is 0 Å². The van der Waals surface area contributed by atoms with Crippen LogP contribution < -0.4 is 5.56 Å². The molecule has 0 spiro atoms. The van der Waals surface area contributed by atoms with Crippen molar-refractivity contribution in [2.24, 2.45) is 0 Å². The van der Waals surface area contributed by atoms with Crippen molar-refractivity contribution in [1.29, 1.82) is 5.26 Å². The predicted octanol–water partition coefficient (Wildman–Crippen LogP) is 0.453. The first-order chi connectivity index (χ1) is 4.75. The average molecular weight is 138 g/mol. The Balaban J connectivity index is 3.46. The van der Waals surface area contributed by atoms with E-state index in [4.69, 9.17) is 5.26 Å². The maximum absolute atomic E-state index is 12.4. The molecule has 1 aromatic heterocycles. The van der Waals surface area contributed by atoms with Gasteiger partial charge in [0.05, 0.1) is 0 Å². The fourth-order valence-electron chi connectivity index (χ4n) is 0.552. The van der Waals surface area contributed by atoms with Gasteiger partial charge in [0.2, 0.25) is 0 Å². The summed E-state index contributed by atoms with van der Waals surface area (Å²) in [6, 6.07) is 5.12. The van der Waals surface area contributed by atoms with E-state index in [1.54, 1.807) is 0 Å². The second-order valence-electron chi connectivity index (χ2n) is 1.64. The Hall–Kier alpha value is -1.63. The summed E-state index contributed by atoms with van der Waals surface area (Å²) in [6.45, 7) is 0. The second kappa shape index (κ2) is 2.31. The number of halogens is 1. The largest absolute Gasteiger partial charge is 0.279 e. The van der Waals surface area contributed by atoms with Crippen molar-refractivity contribution in [3.8, 4) is 6.07 Å². The van der Waals surface area contributed by atoms with Crippen LogP contribution in [0.15, 0.2) is 23.0 Å². The molecule has 1 rings (SSSR count). The lowest BCUT2D eigenvalue weighted by molar-refractivity contribution is 0.348. The van der Waals surface area contributed by atoms with E-state index in [-0.39, 0.29) is 10.5 Å². The molecule has 0 aliphatic heterocycles. The van der Waals surface area contributed by atoms with Crippen LogP contribution in [0, 0.1) is 11.3 Å². The molecule has 0 amide bonds. The lowest BCUT2D eigenvalue weighted by Gasteiger charge is -1.90. The normalized spacial score (nSPS) is 8.80. The van der Waals surface area contributed by atoms with E-state index in [2.05, 4.69) is 0 Å². The van der Waals surface area contributed by atoms with Gasteiger partial charge in [0.15, 0.2) is 5.69 Å². The van der Waals surface area contributed by atoms with Crippen LogP contribution >= 0.6 is 0 Å². The van der Waals surface area contributed by atoms with Crippen LogP contribution in [-0.2, 0) is 0 Å². The molecule has 0 radical (unpaired) electrons. The van der Waals surface area contributed by atoms with Gasteiger partial charge in [-0.25, -0.2) is 0 Å². The molecular weight excluding hydrogens is 135 g/mol. The number of nitriles is 1. The van der Waals surface area contributed by atoms with Crippen molar-refractivity contribution in [2.75, 3.05) is 0 Å². The molecule has 1 aromatic rings. The van der Waals surface area contributed by atoms with Crippen molar-refractivity contribution < 1.29 is 4.48 Å². The standard InChI is InChI=1S/C6H3FN2O/c7-9-5(4-8)2-1-3-6(9)10/h1-3H. The molecule has 0 atom stereocenters. The highest BCUT2D eigenvalue weighted by molar-refractivity contribution is 5.19. The summed E-state index contributed by atoms with van der Waals surface area (Å²) in [5.41, 5.74) is -1.11. The summed E-state index contributed by atoms with van der Waals surface area (Å²) in [6.07, 6.45) is 0. The van der Waals surface area contributed by atoms with Crippen molar-refractivity contribution in [3.63, 3.8) is 0 Å². The third-order valence-corrected chi connectivity index (χ3v) is 1.01. The summed E-state index contributed by atoms with van der Waals surface area (Å²) < 4.78 is 12.4. The Morgan fingerprint density at radius 1 is 1.60 bits per heavy atom. The summed E-state index contributed by atoms with van der Waals surface area (Å²) in [4.78, 5) is 10.2. The van der Waals surface area contributed by atoms with Gasteiger partial charge in [-0.1, -0.05) is 10.5 Å². The number of hydrogen-bond acceptors (Lipinski definition) is 2. The summed E-state index contributed by atoms with van der Waals surface area (Å²) in [7, 11) is 0. The highest BCUT2D eigenvalue weighted by Crippen LogP contribution is 1.91. The minimum atomic E-state index is -0.820. The molecule has 0 unspecified atom stereocenters. The van der Waals surface area contributed by atoms with Crippen LogP contribution in [0.4, 0.5) is 4.48 Å². The van der Waals surface area contributed by atoms with Crippen molar-refractivity contribution >= 4 is 0 Å². The molecule has 0 saturated carbocycles. The zero-order valence-electron chi connectivity index (χ0n) is 4.91. The molecule has 4 heteroatoms.